The van der Waals surface area contributed by atoms with E-state index in [1.807, 2.05) is 20.8 Å². The van der Waals surface area contributed by atoms with Crippen LogP contribution >= 0.6 is 0 Å². The van der Waals surface area contributed by atoms with Crippen molar-refractivity contribution < 1.29 is 4.79 Å². The fourth-order valence-electron chi connectivity index (χ4n) is 2.30. The van der Waals surface area contributed by atoms with Crippen molar-refractivity contribution >= 4 is 5.91 Å². The topological polar surface area (TPSA) is 46.3 Å². The first-order chi connectivity index (χ1) is 7.34. The third kappa shape index (κ3) is 2.42. The van der Waals surface area contributed by atoms with Crippen molar-refractivity contribution in [1.82, 2.24) is 5.01 Å². The summed E-state index contributed by atoms with van der Waals surface area (Å²) in [6.45, 7) is 8.03. The summed E-state index contributed by atoms with van der Waals surface area (Å²) in [6.07, 6.45) is 0. The van der Waals surface area contributed by atoms with Gasteiger partial charge in [-0.1, -0.05) is 17.7 Å². The van der Waals surface area contributed by atoms with Crippen LogP contribution in [-0.4, -0.2) is 18.0 Å². The van der Waals surface area contributed by atoms with Crippen molar-refractivity contribution in [2.45, 2.75) is 33.6 Å². The second-order valence-electron chi connectivity index (χ2n) is 4.48. The lowest BCUT2D eigenvalue weighted by Crippen LogP contribution is -2.36. The minimum absolute atomic E-state index is 0.0601. The zero-order valence-electron chi connectivity index (χ0n) is 10.7. The summed E-state index contributed by atoms with van der Waals surface area (Å²) in [7, 11) is 1.58. The first kappa shape index (κ1) is 12.7. The van der Waals surface area contributed by atoms with Gasteiger partial charge in [0.25, 0.3) is 0 Å². The Morgan fingerprint density at radius 2 is 1.69 bits per heavy atom. The highest BCUT2D eigenvalue weighted by Gasteiger charge is 2.21. The summed E-state index contributed by atoms with van der Waals surface area (Å²) >= 11 is 0. The third-order valence-corrected chi connectivity index (χ3v) is 2.89. The fraction of sp³-hybridized carbons (Fsp3) is 0.462. The standard InChI is InChI=1S/C13H20N2O/c1-8-6-9(2)12(10(3)7-8)11(4)13(16)15(5)14/h6-7,11H,14H2,1-5H3. The van der Waals surface area contributed by atoms with Crippen LogP contribution in [0.4, 0.5) is 0 Å². The maximum absolute atomic E-state index is 11.8. The number of aryl methyl sites for hydroxylation is 3. The van der Waals surface area contributed by atoms with Crippen molar-refractivity contribution in [2.75, 3.05) is 7.05 Å². The van der Waals surface area contributed by atoms with Gasteiger partial charge in [0.1, 0.15) is 0 Å². The smallest absolute Gasteiger partial charge is 0.243 e. The van der Waals surface area contributed by atoms with Crippen molar-refractivity contribution in [2.24, 2.45) is 5.84 Å². The zero-order chi connectivity index (χ0) is 12.5. The number of carbonyl (C=O) groups is 1. The first-order valence-corrected chi connectivity index (χ1v) is 5.44. The quantitative estimate of drug-likeness (QED) is 0.471. The van der Waals surface area contributed by atoms with Crippen LogP contribution < -0.4 is 5.84 Å². The van der Waals surface area contributed by atoms with E-state index in [1.54, 1.807) is 7.05 Å². The molecule has 3 nitrogen and oxygen atoms in total. The Morgan fingerprint density at radius 3 is 2.06 bits per heavy atom. The van der Waals surface area contributed by atoms with E-state index in [0.29, 0.717) is 0 Å². The van der Waals surface area contributed by atoms with E-state index in [-0.39, 0.29) is 11.8 Å². The molecule has 16 heavy (non-hydrogen) atoms. The van der Waals surface area contributed by atoms with Crippen LogP contribution in [0.2, 0.25) is 0 Å². The minimum atomic E-state index is -0.185. The van der Waals surface area contributed by atoms with Crippen LogP contribution in [0.3, 0.4) is 0 Å². The SMILES string of the molecule is Cc1cc(C)c(C(C)C(=O)N(C)N)c(C)c1. The molecule has 0 bridgehead atoms. The van der Waals surface area contributed by atoms with Crippen molar-refractivity contribution in [3.63, 3.8) is 0 Å². The number of hydrazine groups is 1. The molecule has 0 aliphatic rings. The van der Waals surface area contributed by atoms with Crippen LogP contribution in [0.1, 0.15) is 35.1 Å². The lowest BCUT2D eigenvalue weighted by atomic mass is 9.90. The van der Waals surface area contributed by atoms with E-state index in [0.717, 1.165) is 21.7 Å². The summed E-state index contributed by atoms with van der Waals surface area (Å²) in [5.74, 6) is 5.24. The van der Waals surface area contributed by atoms with Crippen LogP contribution in [0.5, 0.6) is 0 Å². The molecule has 1 unspecified atom stereocenters. The number of hydrogen-bond acceptors (Lipinski definition) is 2. The van der Waals surface area contributed by atoms with Gasteiger partial charge in [-0.25, -0.2) is 5.84 Å². The molecule has 0 aliphatic heterocycles. The molecule has 0 saturated heterocycles. The molecule has 1 aromatic carbocycles. The number of nitrogens with zero attached hydrogens (tertiary/aromatic N) is 1. The third-order valence-electron chi connectivity index (χ3n) is 2.89. The van der Waals surface area contributed by atoms with Crippen molar-refractivity contribution in [1.29, 1.82) is 0 Å². The Bertz CT molecular complexity index is 387. The molecule has 0 fully saturated rings. The lowest BCUT2D eigenvalue weighted by molar-refractivity contribution is -0.131. The molecule has 0 radical (unpaired) electrons. The van der Waals surface area contributed by atoms with Crippen LogP contribution in [-0.2, 0) is 4.79 Å². The summed E-state index contributed by atoms with van der Waals surface area (Å²) < 4.78 is 0. The van der Waals surface area contributed by atoms with Gasteiger partial charge in [0.15, 0.2) is 0 Å². The monoisotopic (exact) mass is 220 g/mol. The summed E-state index contributed by atoms with van der Waals surface area (Å²) in [5.41, 5.74) is 4.62. The number of amides is 1. The molecule has 1 aromatic rings. The van der Waals surface area contributed by atoms with E-state index in [1.165, 1.54) is 5.56 Å². The number of likely N-dealkylation sites (N-methyl/N-ethyl adjacent to an activating group) is 1. The molecule has 0 spiro atoms. The molecule has 88 valence electrons. The van der Waals surface area contributed by atoms with E-state index >= 15 is 0 Å². The largest absolute Gasteiger partial charge is 0.283 e. The predicted molar refractivity (Wildman–Crippen MR) is 66.0 cm³/mol. The van der Waals surface area contributed by atoms with Gasteiger partial charge in [0, 0.05) is 7.05 Å². The average molecular weight is 220 g/mol. The van der Waals surface area contributed by atoms with Crippen LogP contribution in [0.15, 0.2) is 12.1 Å². The summed E-state index contributed by atoms with van der Waals surface area (Å²) in [5, 5.41) is 1.16. The van der Waals surface area contributed by atoms with Gasteiger partial charge >= 0.3 is 0 Å². The summed E-state index contributed by atoms with van der Waals surface area (Å²) in [4.78, 5) is 11.8. The fourth-order valence-corrected chi connectivity index (χ4v) is 2.30. The van der Waals surface area contributed by atoms with E-state index < -0.39 is 0 Å². The van der Waals surface area contributed by atoms with Crippen molar-refractivity contribution in [3.8, 4) is 0 Å². The molecule has 0 aliphatic carbocycles. The maximum Gasteiger partial charge on any atom is 0.243 e. The Balaban J connectivity index is 3.18. The van der Waals surface area contributed by atoms with Gasteiger partial charge < -0.3 is 0 Å². The second kappa shape index (κ2) is 4.66. The van der Waals surface area contributed by atoms with Gasteiger partial charge in [-0.2, -0.15) is 0 Å². The second-order valence-corrected chi connectivity index (χ2v) is 4.48. The molecule has 0 heterocycles. The van der Waals surface area contributed by atoms with Gasteiger partial charge in [0.05, 0.1) is 5.92 Å². The number of carbonyl (C=O) groups excluding carboxylic acids is 1. The van der Waals surface area contributed by atoms with Gasteiger partial charge in [0.2, 0.25) is 5.91 Å². The predicted octanol–water partition coefficient (Wildman–Crippen LogP) is 2.05. The number of rotatable bonds is 2. The van der Waals surface area contributed by atoms with E-state index in [9.17, 15) is 4.79 Å². The molecular formula is C13H20N2O. The zero-order valence-corrected chi connectivity index (χ0v) is 10.7. The summed E-state index contributed by atoms with van der Waals surface area (Å²) in [6, 6.07) is 4.20. The lowest BCUT2D eigenvalue weighted by Gasteiger charge is -2.20. The highest BCUT2D eigenvalue weighted by atomic mass is 16.2. The molecular weight excluding hydrogens is 200 g/mol. The molecule has 3 heteroatoms. The molecule has 0 saturated carbocycles. The maximum atomic E-state index is 11.8. The number of hydrogen-bond donors (Lipinski definition) is 1. The average Bonchev–Trinajstić information content (AvgIpc) is 2.14. The van der Waals surface area contributed by atoms with Gasteiger partial charge in [-0.15, -0.1) is 0 Å². The Morgan fingerprint density at radius 1 is 1.25 bits per heavy atom. The highest BCUT2D eigenvalue weighted by molar-refractivity contribution is 5.83. The molecule has 1 rings (SSSR count). The minimum Gasteiger partial charge on any atom is -0.283 e. The number of nitrogens with two attached hydrogens (primary N) is 1. The molecule has 1 amide bonds. The Kier molecular flexibility index (Phi) is 3.70. The molecule has 2 N–H and O–H groups in total. The van der Waals surface area contributed by atoms with Crippen molar-refractivity contribution in [3.05, 3.63) is 34.4 Å². The first-order valence-electron chi connectivity index (χ1n) is 5.44. The van der Waals surface area contributed by atoms with Gasteiger partial charge in [-0.05, 0) is 44.4 Å². The normalized spacial score (nSPS) is 12.4. The van der Waals surface area contributed by atoms with E-state index in [2.05, 4.69) is 19.1 Å². The molecule has 0 aromatic heterocycles. The number of benzene rings is 1. The van der Waals surface area contributed by atoms with Gasteiger partial charge in [-0.3, -0.25) is 9.80 Å². The Hall–Kier alpha value is -1.35. The molecule has 1 atom stereocenters. The van der Waals surface area contributed by atoms with E-state index in [4.69, 9.17) is 5.84 Å². The van der Waals surface area contributed by atoms with Crippen LogP contribution in [0.25, 0.3) is 0 Å². The highest BCUT2D eigenvalue weighted by Crippen LogP contribution is 2.25. The van der Waals surface area contributed by atoms with Crippen LogP contribution in [0, 0.1) is 20.8 Å². The Labute approximate surface area is 97.2 Å².